The van der Waals surface area contributed by atoms with Crippen LogP contribution in [0.4, 0.5) is 17.6 Å². The van der Waals surface area contributed by atoms with Gasteiger partial charge in [0.2, 0.25) is 0 Å². The average Bonchev–Trinajstić information content (AvgIpc) is 2.06. The van der Waals surface area contributed by atoms with E-state index in [9.17, 15) is 22.4 Å². The topological polar surface area (TPSA) is 17.1 Å². The van der Waals surface area contributed by atoms with Gasteiger partial charge in [-0.1, -0.05) is 11.6 Å². The van der Waals surface area contributed by atoms with Gasteiger partial charge in [-0.15, -0.1) is 0 Å². The summed E-state index contributed by atoms with van der Waals surface area (Å²) < 4.78 is 48.3. The molecule has 0 aliphatic carbocycles. The Morgan fingerprint density at radius 2 is 1.86 bits per heavy atom. The fourth-order valence-corrected chi connectivity index (χ4v) is 1.03. The summed E-state index contributed by atoms with van der Waals surface area (Å²) in [6.45, 7) is 0. The van der Waals surface area contributed by atoms with Crippen molar-refractivity contribution in [3.8, 4) is 0 Å². The summed E-state index contributed by atoms with van der Waals surface area (Å²) in [5.74, 6) is -3.09. The van der Waals surface area contributed by atoms with E-state index in [1.54, 1.807) is 0 Å². The lowest BCUT2D eigenvalue weighted by molar-refractivity contribution is -0.0885. The average molecular weight is 227 g/mol. The Bertz CT molecular complexity index is 372. The summed E-state index contributed by atoms with van der Waals surface area (Å²) in [5.41, 5.74) is -0.876. The van der Waals surface area contributed by atoms with Crippen LogP contribution in [-0.2, 0) is 0 Å². The number of carbonyl (C=O) groups excluding carboxylic acids is 1. The molecule has 1 aromatic rings. The number of rotatable bonds is 1. The third-order valence-corrected chi connectivity index (χ3v) is 1.76. The number of hydrogen-bond donors (Lipinski definition) is 0. The summed E-state index contributed by atoms with van der Waals surface area (Å²) >= 11 is 5.31. The van der Waals surface area contributed by atoms with Crippen LogP contribution in [0, 0.1) is 5.82 Å². The van der Waals surface area contributed by atoms with Crippen LogP contribution in [0.2, 0.25) is 5.02 Å². The molecule has 0 N–H and O–H groups in total. The molecule has 0 amide bonds. The van der Waals surface area contributed by atoms with Gasteiger partial charge in [-0.3, -0.25) is 4.79 Å². The predicted molar refractivity (Wildman–Crippen MR) is 41.8 cm³/mol. The van der Waals surface area contributed by atoms with Crippen LogP contribution in [0.15, 0.2) is 18.2 Å². The number of halogens is 5. The molecule has 0 aliphatic rings. The Kier molecular flexibility index (Phi) is 2.80. The molecule has 76 valence electrons. The number of Topliss-reactive ketones (excluding diaryl/α,β-unsaturated/α-hetero) is 1. The van der Waals surface area contributed by atoms with Crippen molar-refractivity contribution in [3.63, 3.8) is 0 Å². The SMILES string of the molecule is O=C(c1cc(F)ccc1Cl)C(F)(F)F. The zero-order valence-corrected chi connectivity index (χ0v) is 7.29. The molecule has 0 atom stereocenters. The first-order valence-electron chi connectivity index (χ1n) is 3.39. The molecule has 0 fully saturated rings. The van der Waals surface area contributed by atoms with Gasteiger partial charge in [-0.25, -0.2) is 4.39 Å². The first-order chi connectivity index (χ1) is 6.32. The molecule has 0 radical (unpaired) electrons. The van der Waals surface area contributed by atoms with Gasteiger partial charge in [0.05, 0.1) is 5.02 Å². The second-order valence-electron chi connectivity index (χ2n) is 2.45. The molecule has 6 heteroatoms. The molecule has 0 aromatic heterocycles. The number of benzene rings is 1. The lowest BCUT2D eigenvalue weighted by Crippen LogP contribution is -2.23. The second-order valence-corrected chi connectivity index (χ2v) is 2.86. The van der Waals surface area contributed by atoms with Gasteiger partial charge in [0, 0.05) is 5.56 Å². The minimum Gasteiger partial charge on any atom is -0.284 e. The minimum atomic E-state index is -5.04. The van der Waals surface area contributed by atoms with Crippen LogP contribution >= 0.6 is 11.6 Å². The van der Waals surface area contributed by atoms with Gasteiger partial charge in [0.25, 0.3) is 5.78 Å². The van der Waals surface area contributed by atoms with Crippen molar-refractivity contribution in [2.24, 2.45) is 0 Å². The van der Waals surface area contributed by atoms with Crippen LogP contribution in [-0.4, -0.2) is 12.0 Å². The van der Waals surface area contributed by atoms with Gasteiger partial charge in [0.15, 0.2) is 0 Å². The fourth-order valence-electron chi connectivity index (χ4n) is 0.824. The Morgan fingerprint density at radius 3 is 2.36 bits per heavy atom. The lowest BCUT2D eigenvalue weighted by atomic mass is 10.1. The summed E-state index contributed by atoms with van der Waals surface area (Å²) in [6, 6.07) is 2.23. The first kappa shape index (κ1) is 11.0. The van der Waals surface area contributed by atoms with E-state index in [1.807, 2.05) is 0 Å². The molecule has 0 bridgehead atoms. The summed E-state index contributed by atoms with van der Waals surface area (Å²) in [6.07, 6.45) is -5.04. The molecule has 0 spiro atoms. The number of hydrogen-bond acceptors (Lipinski definition) is 1. The largest absolute Gasteiger partial charge is 0.454 e. The standard InChI is InChI=1S/C8H3ClF4O/c9-6-2-1-4(10)3-5(6)7(14)8(11,12)13/h1-3H. The predicted octanol–water partition coefficient (Wildman–Crippen LogP) is 3.22. The van der Waals surface area contributed by atoms with Gasteiger partial charge in [-0.05, 0) is 18.2 Å². The quantitative estimate of drug-likeness (QED) is 0.531. The first-order valence-corrected chi connectivity index (χ1v) is 3.77. The van der Waals surface area contributed by atoms with Crippen LogP contribution in [0.5, 0.6) is 0 Å². The normalized spacial score (nSPS) is 11.5. The zero-order chi connectivity index (χ0) is 10.9. The maximum Gasteiger partial charge on any atom is 0.454 e. The van der Waals surface area contributed by atoms with E-state index in [1.165, 1.54) is 0 Å². The van der Waals surface area contributed by atoms with Crippen LogP contribution < -0.4 is 0 Å². The van der Waals surface area contributed by atoms with Crippen LogP contribution in [0.3, 0.4) is 0 Å². The molecular formula is C8H3ClF4O. The molecule has 14 heavy (non-hydrogen) atoms. The Morgan fingerprint density at radius 1 is 1.29 bits per heavy atom. The maximum atomic E-state index is 12.5. The van der Waals surface area contributed by atoms with Crippen molar-refractivity contribution < 1.29 is 22.4 Å². The van der Waals surface area contributed by atoms with E-state index in [0.717, 1.165) is 12.1 Å². The smallest absolute Gasteiger partial charge is 0.284 e. The van der Waals surface area contributed by atoms with E-state index in [4.69, 9.17) is 11.6 Å². The van der Waals surface area contributed by atoms with Gasteiger partial charge >= 0.3 is 6.18 Å². The molecule has 0 saturated carbocycles. The van der Waals surface area contributed by atoms with E-state index in [-0.39, 0.29) is 0 Å². The van der Waals surface area contributed by atoms with E-state index < -0.39 is 28.4 Å². The highest BCUT2D eigenvalue weighted by molar-refractivity contribution is 6.34. The highest BCUT2D eigenvalue weighted by atomic mass is 35.5. The molecular weight excluding hydrogens is 224 g/mol. The summed E-state index contributed by atoms with van der Waals surface area (Å²) in [7, 11) is 0. The van der Waals surface area contributed by atoms with Crippen LogP contribution in [0.1, 0.15) is 10.4 Å². The number of carbonyl (C=O) groups is 1. The Balaban J connectivity index is 3.19. The monoisotopic (exact) mass is 226 g/mol. The molecule has 1 nitrogen and oxygen atoms in total. The van der Waals surface area contributed by atoms with E-state index in [0.29, 0.717) is 6.07 Å². The summed E-state index contributed by atoms with van der Waals surface area (Å²) in [4.78, 5) is 10.7. The molecule has 1 rings (SSSR count). The van der Waals surface area contributed by atoms with Crippen molar-refractivity contribution in [1.82, 2.24) is 0 Å². The second kappa shape index (κ2) is 3.57. The van der Waals surface area contributed by atoms with Crippen molar-refractivity contribution in [2.75, 3.05) is 0 Å². The minimum absolute atomic E-state index is 0.422. The molecule has 0 unspecified atom stereocenters. The molecule has 0 saturated heterocycles. The molecule has 0 aliphatic heterocycles. The molecule has 0 heterocycles. The highest BCUT2D eigenvalue weighted by Crippen LogP contribution is 2.26. The highest BCUT2D eigenvalue weighted by Gasteiger charge is 2.40. The Labute approximate surface area is 81.3 Å². The molecule has 1 aromatic carbocycles. The van der Waals surface area contributed by atoms with Gasteiger partial charge in [0.1, 0.15) is 5.82 Å². The van der Waals surface area contributed by atoms with Crippen molar-refractivity contribution >= 4 is 17.4 Å². The number of ketones is 1. The van der Waals surface area contributed by atoms with E-state index >= 15 is 0 Å². The third-order valence-electron chi connectivity index (χ3n) is 1.43. The summed E-state index contributed by atoms with van der Waals surface area (Å²) in [5, 5.41) is -0.422. The van der Waals surface area contributed by atoms with Crippen molar-refractivity contribution in [3.05, 3.63) is 34.6 Å². The maximum absolute atomic E-state index is 12.5. The Hall–Kier alpha value is -1.10. The number of alkyl halides is 3. The van der Waals surface area contributed by atoms with E-state index in [2.05, 4.69) is 0 Å². The fraction of sp³-hybridized carbons (Fsp3) is 0.125. The van der Waals surface area contributed by atoms with Gasteiger partial charge in [-0.2, -0.15) is 13.2 Å². The third kappa shape index (κ3) is 2.23. The van der Waals surface area contributed by atoms with Crippen LogP contribution in [0.25, 0.3) is 0 Å². The zero-order valence-electron chi connectivity index (χ0n) is 6.53. The van der Waals surface area contributed by atoms with Gasteiger partial charge < -0.3 is 0 Å². The van der Waals surface area contributed by atoms with Crippen molar-refractivity contribution in [2.45, 2.75) is 6.18 Å². The van der Waals surface area contributed by atoms with Crippen molar-refractivity contribution in [1.29, 1.82) is 0 Å². The lowest BCUT2D eigenvalue weighted by Gasteiger charge is -2.06.